The van der Waals surface area contributed by atoms with Gasteiger partial charge in [0.05, 0.1) is 12.2 Å². The molecule has 1 aromatic heterocycles. The smallest absolute Gasteiger partial charge is 0.322 e. The van der Waals surface area contributed by atoms with Gasteiger partial charge in [0.15, 0.2) is 0 Å². The Labute approximate surface area is 150 Å². The monoisotopic (exact) mass is 353 g/mol. The van der Waals surface area contributed by atoms with Crippen LogP contribution < -0.4 is 5.32 Å². The van der Waals surface area contributed by atoms with Gasteiger partial charge in [-0.3, -0.25) is 10.1 Å². The number of hydrogen-bond acceptors (Lipinski definition) is 5. The van der Waals surface area contributed by atoms with Crippen LogP contribution in [0.2, 0.25) is 0 Å². The van der Waals surface area contributed by atoms with Crippen molar-refractivity contribution in [3.05, 3.63) is 71.1 Å². The molecule has 0 unspecified atom stereocenters. The summed E-state index contributed by atoms with van der Waals surface area (Å²) in [5.41, 5.74) is 3.34. The molecule has 3 rings (SSSR count). The topological polar surface area (TPSA) is 68.0 Å². The van der Waals surface area contributed by atoms with Crippen LogP contribution in [0.15, 0.2) is 57.8 Å². The van der Waals surface area contributed by atoms with E-state index in [1.165, 1.54) is 11.1 Å². The minimum atomic E-state index is -0.172. The Bertz CT molecular complexity index is 862. The summed E-state index contributed by atoms with van der Waals surface area (Å²) < 4.78 is 5.48. The maximum absolute atomic E-state index is 12.1. The minimum absolute atomic E-state index is 0.137. The molecule has 0 aliphatic heterocycles. The van der Waals surface area contributed by atoms with Gasteiger partial charge in [0.1, 0.15) is 0 Å². The average Bonchev–Trinajstić information content (AvgIpc) is 3.04. The number of carbonyl (C=O) groups is 1. The first kappa shape index (κ1) is 17.2. The number of hydrogen-bond donors (Lipinski definition) is 1. The lowest BCUT2D eigenvalue weighted by molar-refractivity contribution is -0.115. The zero-order valence-corrected chi connectivity index (χ0v) is 15.0. The van der Waals surface area contributed by atoms with Crippen LogP contribution in [-0.2, 0) is 17.0 Å². The number of aromatic nitrogens is 2. The van der Waals surface area contributed by atoms with Crippen molar-refractivity contribution < 1.29 is 9.21 Å². The SMILES string of the molecule is Cc1ccc(CC(=O)Nc2nnc(CSc3ccccc3)o2)cc1C. The highest BCUT2D eigenvalue weighted by Gasteiger charge is 2.11. The summed E-state index contributed by atoms with van der Waals surface area (Å²) in [7, 11) is 0. The number of thioether (sulfide) groups is 1. The summed E-state index contributed by atoms with van der Waals surface area (Å²) in [6.45, 7) is 4.08. The van der Waals surface area contributed by atoms with Gasteiger partial charge in [0, 0.05) is 4.90 Å². The Morgan fingerprint density at radius 3 is 2.64 bits per heavy atom. The number of aryl methyl sites for hydroxylation is 2. The molecule has 0 aliphatic rings. The minimum Gasteiger partial charge on any atom is -0.407 e. The fraction of sp³-hybridized carbons (Fsp3) is 0.211. The molecule has 1 amide bonds. The number of rotatable bonds is 6. The van der Waals surface area contributed by atoms with E-state index in [1.54, 1.807) is 11.8 Å². The van der Waals surface area contributed by atoms with E-state index in [1.807, 2.05) is 62.4 Å². The summed E-state index contributed by atoms with van der Waals surface area (Å²) in [5.74, 6) is 0.869. The highest BCUT2D eigenvalue weighted by atomic mass is 32.2. The van der Waals surface area contributed by atoms with E-state index in [0.717, 1.165) is 10.5 Å². The van der Waals surface area contributed by atoms with Crippen LogP contribution in [0.3, 0.4) is 0 Å². The second kappa shape index (κ2) is 7.98. The zero-order chi connectivity index (χ0) is 17.6. The highest BCUT2D eigenvalue weighted by Crippen LogP contribution is 2.22. The molecule has 0 fully saturated rings. The molecule has 1 heterocycles. The van der Waals surface area contributed by atoms with Crippen LogP contribution >= 0.6 is 11.8 Å². The molecule has 25 heavy (non-hydrogen) atoms. The van der Waals surface area contributed by atoms with Gasteiger partial charge in [-0.25, -0.2) is 0 Å². The van der Waals surface area contributed by atoms with Crippen molar-refractivity contribution in [2.75, 3.05) is 5.32 Å². The Morgan fingerprint density at radius 2 is 1.88 bits per heavy atom. The summed E-state index contributed by atoms with van der Waals surface area (Å²) in [4.78, 5) is 13.2. The second-order valence-corrected chi connectivity index (χ2v) is 6.79. The summed E-state index contributed by atoms with van der Waals surface area (Å²) in [5, 5.41) is 10.5. The number of carbonyl (C=O) groups excluding carboxylic acids is 1. The predicted octanol–water partition coefficient (Wildman–Crippen LogP) is 4.16. The van der Waals surface area contributed by atoms with Gasteiger partial charge in [-0.1, -0.05) is 41.5 Å². The van der Waals surface area contributed by atoms with Crippen molar-refractivity contribution in [1.82, 2.24) is 10.2 Å². The van der Waals surface area contributed by atoms with Gasteiger partial charge in [-0.05, 0) is 42.7 Å². The van der Waals surface area contributed by atoms with Crippen LogP contribution in [0.5, 0.6) is 0 Å². The molecule has 6 heteroatoms. The van der Waals surface area contributed by atoms with Crippen molar-refractivity contribution in [1.29, 1.82) is 0 Å². The van der Waals surface area contributed by atoms with Gasteiger partial charge < -0.3 is 4.42 Å². The van der Waals surface area contributed by atoms with Gasteiger partial charge in [0.25, 0.3) is 0 Å². The lowest BCUT2D eigenvalue weighted by Crippen LogP contribution is -2.14. The average molecular weight is 353 g/mol. The van der Waals surface area contributed by atoms with Crippen LogP contribution in [0, 0.1) is 13.8 Å². The molecule has 1 N–H and O–H groups in total. The van der Waals surface area contributed by atoms with Crippen LogP contribution in [0.4, 0.5) is 6.01 Å². The number of benzene rings is 2. The van der Waals surface area contributed by atoms with E-state index in [2.05, 4.69) is 15.5 Å². The zero-order valence-electron chi connectivity index (χ0n) is 14.2. The van der Waals surface area contributed by atoms with E-state index < -0.39 is 0 Å². The van der Waals surface area contributed by atoms with Crippen molar-refractivity contribution in [3.8, 4) is 0 Å². The Kier molecular flexibility index (Phi) is 5.50. The van der Waals surface area contributed by atoms with E-state index in [-0.39, 0.29) is 18.3 Å². The predicted molar refractivity (Wildman–Crippen MR) is 98.6 cm³/mol. The molecule has 3 aromatic rings. The third-order valence-electron chi connectivity index (χ3n) is 3.75. The van der Waals surface area contributed by atoms with Crippen LogP contribution in [0.25, 0.3) is 0 Å². The Balaban J connectivity index is 1.53. The normalized spacial score (nSPS) is 10.6. The Hall–Kier alpha value is -2.60. The van der Waals surface area contributed by atoms with E-state index in [9.17, 15) is 4.79 Å². The lowest BCUT2D eigenvalue weighted by atomic mass is 10.0. The second-order valence-electron chi connectivity index (χ2n) is 5.75. The van der Waals surface area contributed by atoms with Crippen molar-refractivity contribution >= 4 is 23.7 Å². The molecule has 0 bridgehead atoms. The molecule has 0 atom stereocenters. The lowest BCUT2D eigenvalue weighted by Gasteiger charge is -2.04. The fourth-order valence-corrected chi connectivity index (χ4v) is 3.04. The largest absolute Gasteiger partial charge is 0.407 e. The summed E-state index contributed by atoms with van der Waals surface area (Å²) >= 11 is 1.60. The molecule has 0 spiro atoms. The van der Waals surface area contributed by atoms with Gasteiger partial charge in [-0.2, -0.15) is 0 Å². The first-order valence-electron chi connectivity index (χ1n) is 7.96. The first-order valence-corrected chi connectivity index (χ1v) is 8.95. The van der Waals surface area contributed by atoms with Gasteiger partial charge in [-0.15, -0.1) is 16.9 Å². The molecule has 0 aliphatic carbocycles. The molecule has 0 saturated carbocycles. The van der Waals surface area contributed by atoms with Crippen LogP contribution in [0.1, 0.15) is 22.6 Å². The molecule has 128 valence electrons. The van der Waals surface area contributed by atoms with Gasteiger partial charge >= 0.3 is 6.01 Å². The van der Waals surface area contributed by atoms with Gasteiger partial charge in [0.2, 0.25) is 11.8 Å². The molecular weight excluding hydrogens is 334 g/mol. The van der Waals surface area contributed by atoms with E-state index in [0.29, 0.717) is 11.6 Å². The van der Waals surface area contributed by atoms with Crippen molar-refractivity contribution in [3.63, 3.8) is 0 Å². The number of nitrogens with zero attached hydrogens (tertiary/aromatic N) is 2. The van der Waals surface area contributed by atoms with Crippen molar-refractivity contribution in [2.45, 2.75) is 30.9 Å². The fourth-order valence-electron chi connectivity index (χ4n) is 2.29. The third-order valence-corrected chi connectivity index (χ3v) is 4.75. The Morgan fingerprint density at radius 1 is 1.08 bits per heavy atom. The third kappa shape index (κ3) is 4.93. The molecule has 2 aromatic carbocycles. The number of anilines is 1. The molecule has 0 radical (unpaired) electrons. The molecule has 5 nitrogen and oxygen atoms in total. The maximum atomic E-state index is 12.1. The molecular formula is C19H19N3O2S. The summed E-state index contributed by atoms with van der Waals surface area (Å²) in [6, 6.07) is 16.1. The first-order chi connectivity index (χ1) is 12.1. The number of amides is 1. The quantitative estimate of drug-likeness (QED) is 0.674. The van der Waals surface area contributed by atoms with E-state index in [4.69, 9.17) is 4.42 Å². The number of nitrogens with one attached hydrogen (secondary N) is 1. The maximum Gasteiger partial charge on any atom is 0.322 e. The van der Waals surface area contributed by atoms with Crippen molar-refractivity contribution in [2.24, 2.45) is 0 Å². The van der Waals surface area contributed by atoms with Crippen LogP contribution in [-0.4, -0.2) is 16.1 Å². The highest BCUT2D eigenvalue weighted by molar-refractivity contribution is 7.98. The van der Waals surface area contributed by atoms with E-state index >= 15 is 0 Å². The standard InChI is InChI=1S/C19H19N3O2S/c1-13-8-9-15(10-14(13)2)11-17(23)20-19-22-21-18(24-19)12-25-16-6-4-3-5-7-16/h3-10H,11-12H2,1-2H3,(H,20,22,23). The molecule has 0 saturated heterocycles. The summed E-state index contributed by atoms with van der Waals surface area (Å²) in [6.07, 6.45) is 0.275.